The highest BCUT2D eigenvalue weighted by atomic mass is 16.4. The molecule has 18 heteroatoms. The number of nitrogens with two attached hydrogens (primary N) is 2. The maximum atomic E-state index is 13.8. The molecule has 0 spiro atoms. The molecule has 0 radical (unpaired) electrons. The Morgan fingerprint density at radius 3 is 2.10 bits per heavy atom. The van der Waals surface area contributed by atoms with E-state index in [0.29, 0.717) is 11.3 Å². The number of rotatable bonds is 19. The Kier molecular flexibility index (Phi) is 13.4. The molecule has 1 aromatic carbocycles. The number of imidazole rings is 1. The summed E-state index contributed by atoms with van der Waals surface area (Å²) in [6, 6.07) is 0.454. The number of para-hydroxylation sites is 1. The number of amides is 5. The van der Waals surface area contributed by atoms with Crippen LogP contribution in [-0.4, -0.2) is 96.8 Å². The molecule has 5 atom stereocenters. The zero-order chi connectivity index (χ0) is 36.2. The van der Waals surface area contributed by atoms with E-state index in [1.54, 1.807) is 26.2 Å². The first-order valence-electron chi connectivity index (χ1n) is 15.4. The van der Waals surface area contributed by atoms with Gasteiger partial charge in [0.2, 0.25) is 29.5 Å². The number of carboxylic acids is 2. The molecule has 0 bridgehead atoms. The van der Waals surface area contributed by atoms with Gasteiger partial charge in [0, 0.05) is 42.6 Å². The Morgan fingerprint density at radius 1 is 0.837 bits per heavy atom. The van der Waals surface area contributed by atoms with E-state index in [0.717, 1.165) is 10.9 Å². The summed E-state index contributed by atoms with van der Waals surface area (Å²) in [4.78, 5) is 97.6. The van der Waals surface area contributed by atoms with E-state index in [1.165, 1.54) is 6.33 Å². The number of primary amides is 1. The maximum Gasteiger partial charge on any atom is 0.326 e. The number of carbonyl (C=O) groups is 7. The largest absolute Gasteiger partial charge is 0.481 e. The highest BCUT2D eigenvalue weighted by Gasteiger charge is 2.34. The summed E-state index contributed by atoms with van der Waals surface area (Å²) in [7, 11) is 0. The zero-order valence-corrected chi connectivity index (χ0v) is 26.9. The quantitative estimate of drug-likeness (QED) is 0.0688. The van der Waals surface area contributed by atoms with Crippen molar-refractivity contribution in [2.75, 3.05) is 0 Å². The summed E-state index contributed by atoms with van der Waals surface area (Å²) < 4.78 is 0. The van der Waals surface area contributed by atoms with Gasteiger partial charge in [0.15, 0.2) is 0 Å². The van der Waals surface area contributed by atoms with E-state index in [2.05, 4.69) is 36.2 Å². The van der Waals surface area contributed by atoms with Crippen LogP contribution in [0.4, 0.5) is 0 Å². The first-order chi connectivity index (χ1) is 23.2. The summed E-state index contributed by atoms with van der Waals surface area (Å²) in [5, 5.41) is 29.1. The number of hydrogen-bond acceptors (Lipinski definition) is 9. The fourth-order valence-corrected chi connectivity index (χ4v) is 4.99. The van der Waals surface area contributed by atoms with Gasteiger partial charge in [-0.2, -0.15) is 0 Å². The molecule has 3 aromatic rings. The predicted molar refractivity (Wildman–Crippen MR) is 173 cm³/mol. The van der Waals surface area contributed by atoms with E-state index in [-0.39, 0.29) is 12.8 Å². The van der Waals surface area contributed by atoms with Crippen molar-refractivity contribution in [3.8, 4) is 0 Å². The second-order valence-electron chi connectivity index (χ2n) is 11.8. The number of benzene rings is 1. The summed E-state index contributed by atoms with van der Waals surface area (Å²) in [5.41, 5.74) is 13.2. The standard InChI is InChI=1S/C31H41N9O9/c1-15(2)26(30(47)37-21(7-8-25(42)43)28(45)39-23(31(48)49)11-24(33)41)40-29(46)22(9-16-12-35-20-6-4-3-5-18(16)20)38-27(44)19(32)10-17-13-34-14-36-17/h3-6,12-15,19,21-23,26,35H,7-11,32H2,1-2H3,(H2,33,41)(H,34,36)(H,37,47)(H,38,44)(H,39,45)(H,40,46)(H,42,43)(H,48,49)/t19-,21-,22-,23-,26-/m0/s1. The molecule has 0 aliphatic rings. The van der Waals surface area contributed by atoms with Crippen LogP contribution in [0.1, 0.15) is 44.4 Å². The van der Waals surface area contributed by atoms with Gasteiger partial charge in [-0.1, -0.05) is 32.0 Å². The molecule has 3 rings (SSSR count). The Hall–Kier alpha value is -5.78. The van der Waals surface area contributed by atoms with Gasteiger partial charge in [-0.3, -0.25) is 28.8 Å². The molecule has 0 fully saturated rings. The lowest BCUT2D eigenvalue weighted by Crippen LogP contribution is -2.60. The molecule has 0 aliphatic carbocycles. The second-order valence-corrected chi connectivity index (χ2v) is 11.8. The molecule has 12 N–H and O–H groups in total. The van der Waals surface area contributed by atoms with Crippen LogP contribution in [0.2, 0.25) is 0 Å². The number of carbonyl (C=O) groups excluding carboxylic acids is 5. The highest BCUT2D eigenvalue weighted by Crippen LogP contribution is 2.19. The van der Waals surface area contributed by atoms with Gasteiger partial charge in [0.1, 0.15) is 24.2 Å². The van der Waals surface area contributed by atoms with Crippen LogP contribution in [0.5, 0.6) is 0 Å². The average molecular weight is 684 g/mol. The van der Waals surface area contributed by atoms with Gasteiger partial charge in [-0.25, -0.2) is 9.78 Å². The van der Waals surface area contributed by atoms with Crippen molar-refractivity contribution in [1.82, 2.24) is 36.2 Å². The normalized spacial score (nSPS) is 14.2. The van der Waals surface area contributed by atoms with Gasteiger partial charge in [0.05, 0.1) is 24.5 Å². The molecule has 0 saturated carbocycles. The molecule has 5 amide bonds. The van der Waals surface area contributed by atoms with E-state index in [9.17, 15) is 43.8 Å². The smallest absolute Gasteiger partial charge is 0.326 e. The SMILES string of the molecule is CC(C)[C@H](NC(=O)[C@H](Cc1c[nH]c2ccccc12)NC(=O)[C@@H](N)Cc1c[nH]cn1)C(=O)N[C@@H](CCC(=O)O)C(=O)N[C@@H](CC(N)=O)C(=O)O. The van der Waals surface area contributed by atoms with Crippen molar-refractivity contribution in [3.05, 3.63) is 54.2 Å². The van der Waals surface area contributed by atoms with Gasteiger partial charge in [0.25, 0.3) is 0 Å². The molecule has 0 saturated heterocycles. The lowest BCUT2D eigenvalue weighted by atomic mass is 9.99. The van der Waals surface area contributed by atoms with Gasteiger partial charge >= 0.3 is 11.9 Å². The van der Waals surface area contributed by atoms with Crippen LogP contribution in [0, 0.1) is 5.92 Å². The Bertz CT molecular complexity index is 1650. The van der Waals surface area contributed by atoms with Crippen molar-refractivity contribution in [2.24, 2.45) is 17.4 Å². The number of H-pyrrole nitrogens is 2. The first-order valence-corrected chi connectivity index (χ1v) is 15.4. The Balaban J connectivity index is 1.83. The number of carboxylic acid groups (broad SMARTS) is 2. The average Bonchev–Trinajstić information content (AvgIpc) is 3.70. The molecule has 2 aromatic heterocycles. The minimum atomic E-state index is -1.73. The lowest BCUT2D eigenvalue weighted by molar-refractivity contribution is -0.144. The number of aromatic nitrogens is 3. The third-order valence-corrected chi connectivity index (χ3v) is 7.60. The summed E-state index contributed by atoms with van der Waals surface area (Å²) in [6.07, 6.45) is 3.02. The number of fused-ring (bicyclic) bond motifs is 1. The van der Waals surface area contributed by atoms with Gasteiger partial charge in [-0.05, 0) is 24.0 Å². The van der Waals surface area contributed by atoms with Crippen LogP contribution in [0.15, 0.2) is 43.0 Å². The topological polar surface area (TPSA) is 305 Å². The fourth-order valence-electron chi connectivity index (χ4n) is 4.99. The van der Waals surface area contributed by atoms with Crippen LogP contribution in [0.25, 0.3) is 10.9 Å². The third kappa shape index (κ3) is 11.2. The molecular formula is C31H41N9O9. The lowest BCUT2D eigenvalue weighted by Gasteiger charge is -2.28. The third-order valence-electron chi connectivity index (χ3n) is 7.60. The fraction of sp³-hybridized carbons (Fsp3) is 0.419. The molecular weight excluding hydrogens is 642 g/mol. The van der Waals surface area contributed by atoms with E-state index < -0.39 is 96.9 Å². The number of aliphatic carboxylic acids is 2. The van der Waals surface area contributed by atoms with Crippen molar-refractivity contribution in [3.63, 3.8) is 0 Å². The van der Waals surface area contributed by atoms with E-state index in [4.69, 9.17) is 11.5 Å². The number of aromatic amines is 2. The minimum absolute atomic E-state index is 0.00320. The second kappa shape index (κ2) is 17.4. The van der Waals surface area contributed by atoms with Crippen molar-refractivity contribution < 1.29 is 43.8 Å². The van der Waals surface area contributed by atoms with Crippen LogP contribution >= 0.6 is 0 Å². The summed E-state index contributed by atoms with van der Waals surface area (Å²) >= 11 is 0. The molecule has 18 nitrogen and oxygen atoms in total. The minimum Gasteiger partial charge on any atom is -0.481 e. The maximum absolute atomic E-state index is 13.8. The number of nitrogens with one attached hydrogen (secondary N) is 6. The van der Waals surface area contributed by atoms with Crippen molar-refractivity contribution in [2.45, 2.75) is 76.2 Å². The molecule has 0 aliphatic heterocycles. The van der Waals surface area contributed by atoms with E-state index in [1.807, 2.05) is 24.3 Å². The Labute approximate surface area is 280 Å². The number of hydrogen-bond donors (Lipinski definition) is 10. The van der Waals surface area contributed by atoms with Gasteiger partial charge in [-0.15, -0.1) is 0 Å². The molecule has 49 heavy (non-hydrogen) atoms. The van der Waals surface area contributed by atoms with Crippen LogP contribution in [0.3, 0.4) is 0 Å². The van der Waals surface area contributed by atoms with Crippen LogP contribution in [-0.2, 0) is 46.4 Å². The zero-order valence-electron chi connectivity index (χ0n) is 26.9. The predicted octanol–water partition coefficient (Wildman–Crippen LogP) is -1.58. The van der Waals surface area contributed by atoms with Crippen molar-refractivity contribution >= 4 is 52.4 Å². The van der Waals surface area contributed by atoms with Gasteiger partial charge < -0.3 is 52.9 Å². The molecule has 0 unspecified atom stereocenters. The summed E-state index contributed by atoms with van der Waals surface area (Å²) in [6.45, 7) is 3.22. The van der Waals surface area contributed by atoms with Crippen LogP contribution < -0.4 is 32.7 Å². The molecule has 264 valence electrons. The first kappa shape index (κ1) is 37.7. The highest BCUT2D eigenvalue weighted by molar-refractivity contribution is 5.96. The summed E-state index contributed by atoms with van der Waals surface area (Å²) in [5.74, 6) is -7.83. The Morgan fingerprint density at radius 2 is 1.49 bits per heavy atom. The monoisotopic (exact) mass is 683 g/mol. The van der Waals surface area contributed by atoms with Crippen molar-refractivity contribution in [1.29, 1.82) is 0 Å². The molecule has 2 heterocycles. The van der Waals surface area contributed by atoms with E-state index >= 15 is 0 Å². The number of nitrogens with zero attached hydrogens (tertiary/aromatic N) is 1.